The third kappa shape index (κ3) is 6.12. The van der Waals surface area contributed by atoms with E-state index in [-0.39, 0.29) is 11.1 Å². The second kappa shape index (κ2) is 11.4. The summed E-state index contributed by atoms with van der Waals surface area (Å²) in [4.78, 5) is 45.3. The Balaban J connectivity index is 0.974. The van der Waals surface area contributed by atoms with E-state index in [2.05, 4.69) is 50.2 Å². The number of aromatic nitrogens is 4. The van der Waals surface area contributed by atoms with Crippen molar-refractivity contribution in [2.24, 2.45) is 0 Å². The van der Waals surface area contributed by atoms with Crippen LogP contribution in [-0.4, -0.2) is 105 Å². The van der Waals surface area contributed by atoms with Crippen molar-refractivity contribution in [3.05, 3.63) is 41.4 Å². The van der Waals surface area contributed by atoms with E-state index in [1.54, 1.807) is 0 Å². The zero-order valence-electron chi connectivity index (χ0n) is 20.3. The van der Waals surface area contributed by atoms with Gasteiger partial charge in [-0.25, -0.2) is 0 Å². The minimum absolute atomic E-state index is 0.110. The van der Waals surface area contributed by atoms with Gasteiger partial charge in [0.2, 0.25) is 0 Å². The molecule has 3 aliphatic rings. The fourth-order valence-electron chi connectivity index (χ4n) is 5.16. The number of rotatable bonds is 8. The molecular formula is C22H34N10O2S2. The predicted octanol–water partition coefficient (Wildman–Crippen LogP) is 0.646. The smallest absolute Gasteiger partial charge is 0.258 e. The highest BCUT2D eigenvalue weighted by Gasteiger charge is 2.22. The first-order chi connectivity index (χ1) is 17.4. The van der Waals surface area contributed by atoms with Crippen LogP contribution in [0.25, 0.3) is 0 Å². The van der Waals surface area contributed by atoms with Gasteiger partial charge in [0.25, 0.3) is 11.1 Å². The average molecular weight is 535 g/mol. The number of fused-ring (bicyclic) bond motifs is 2. The Morgan fingerprint density at radius 1 is 0.583 bits per heavy atom. The van der Waals surface area contributed by atoms with Crippen molar-refractivity contribution in [1.82, 2.24) is 39.5 Å². The molecule has 0 unspecified atom stereocenters. The first-order valence-corrected chi connectivity index (χ1v) is 13.3. The third-order valence-electron chi connectivity index (χ3n) is 7.17. The summed E-state index contributed by atoms with van der Waals surface area (Å²) in [6, 6.07) is 0. The van der Waals surface area contributed by atoms with Gasteiger partial charge in [0.1, 0.15) is 11.6 Å². The lowest BCUT2D eigenvalue weighted by Crippen LogP contribution is -2.48. The van der Waals surface area contributed by atoms with Crippen molar-refractivity contribution in [2.45, 2.75) is 25.9 Å². The number of nitrogens with zero attached hydrogens (tertiary/aromatic N) is 4. The van der Waals surface area contributed by atoms with Crippen LogP contribution in [-0.2, 0) is 13.1 Å². The molecule has 36 heavy (non-hydrogen) atoms. The Morgan fingerprint density at radius 3 is 1.39 bits per heavy atom. The molecule has 0 saturated carbocycles. The molecule has 2 aromatic heterocycles. The molecule has 1 fully saturated rings. The van der Waals surface area contributed by atoms with E-state index in [1.807, 2.05) is 0 Å². The molecule has 6 N–H and O–H groups in total. The molecule has 12 nitrogen and oxygen atoms in total. The maximum atomic E-state index is 12.2. The van der Waals surface area contributed by atoms with Gasteiger partial charge in [-0.05, 0) is 50.4 Å². The van der Waals surface area contributed by atoms with Gasteiger partial charge < -0.3 is 30.4 Å². The predicted molar refractivity (Wildman–Crippen MR) is 144 cm³/mol. The molecule has 0 aliphatic carbocycles. The van der Waals surface area contributed by atoms with Crippen molar-refractivity contribution < 1.29 is 0 Å². The topological polar surface area (TPSA) is 134 Å². The number of hydrogen-bond acceptors (Lipinski definition) is 10. The zero-order chi connectivity index (χ0) is 25.1. The standard InChI is InChI=1S/C22H34N10O2S2/c33-19-15-11-31(13-23-17(15)25-21(35)27-19)5-1-3-29-7-9-30(10-8-29)4-2-6-32-12-16-18(24-14-32)26-22(36)28-20(16)34/h1-14H2,(H3,23,25,27,33,35)(H3,24,26,28,34,36). The van der Waals surface area contributed by atoms with Crippen LogP contribution in [0.3, 0.4) is 0 Å². The number of H-pyrrole nitrogens is 4. The Kier molecular flexibility index (Phi) is 7.98. The van der Waals surface area contributed by atoms with Crippen LogP contribution in [0.2, 0.25) is 0 Å². The van der Waals surface area contributed by atoms with Gasteiger partial charge in [-0.2, -0.15) is 0 Å². The summed E-state index contributed by atoms with van der Waals surface area (Å²) in [5.41, 5.74) is 1.23. The van der Waals surface area contributed by atoms with E-state index >= 15 is 0 Å². The van der Waals surface area contributed by atoms with Crippen LogP contribution in [0.15, 0.2) is 9.59 Å². The summed E-state index contributed by atoms with van der Waals surface area (Å²) < 4.78 is 0.713. The van der Waals surface area contributed by atoms with Crippen molar-refractivity contribution in [3.63, 3.8) is 0 Å². The summed E-state index contributed by atoms with van der Waals surface area (Å²) >= 11 is 10.1. The second-order valence-corrected chi connectivity index (χ2v) is 10.5. The van der Waals surface area contributed by atoms with E-state index in [1.165, 1.54) is 0 Å². The van der Waals surface area contributed by atoms with E-state index < -0.39 is 0 Å². The lowest BCUT2D eigenvalue weighted by molar-refractivity contribution is 0.121. The summed E-state index contributed by atoms with van der Waals surface area (Å²) in [6.45, 7) is 11.1. The lowest BCUT2D eigenvalue weighted by atomic mass is 10.2. The van der Waals surface area contributed by atoms with Gasteiger partial charge in [-0.3, -0.25) is 29.4 Å². The average Bonchev–Trinajstić information content (AvgIpc) is 2.85. The van der Waals surface area contributed by atoms with Crippen LogP contribution in [0, 0.1) is 9.54 Å². The molecule has 5 rings (SSSR count). The van der Waals surface area contributed by atoms with Gasteiger partial charge >= 0.3 is 0 Å². The van der Waals surface area contributed by atoms with Crippen LogP contribution in [0.4, 0.5) is 11.6 Å². The summed E-state index contributed by atoms with van der Waals surface area (Å²) in [7, 11) is 0. The summed E-state index contributed by atoms with van der Waals surface area (Å²) in [6.07, 6.45) is 2.15. The molecule has 0 spiro atoms. The first-order valence-electron chi connectivity index (χ1n) is 12.5. The second-order valence-electron chi connectivity index (χ2n) is 9.69. The van der Waals surface area contributed by atoms with E-state index in [0.29, 0.717) is 22.6 Å². The van der Waals surface area contributed by atoms with Crippen molar-refractivity contribution in [2.75, 3.05) is 76.3 Å². The molecule has 2 aromatic rings. The number of aromatic amines is 4. The number of hydrogen-bond donors (Lipinski definition) is 6. The van der Waals surface area contributed by atoms with Crippen LogP contribution in [0.5, 0.6) is 0 Å². The summed E-state index contributed by atoms with van der Waals surface area (Å²) in [5, 5.41) is 6.55. The molecule has 1 saturated heterocycles. The maximum absolute atomic E-state index is 12.2. The number of anilines is 2. The molecule has 3 aliphatic heterocycles. The van der Waals surface area contributed by atoms with Crippen molar-refractivity contribution >= 4 is 36.1 Å². The van der Waals surface area contributed by atoms with Gasteiger partial charge in [0.15, 0.2) is 9.54 Å². The van der Waals surface area contributed by atoms with E-state index in [0.717, 1.165) is 101 Å². The molecule has 14 heteroatoms. The minimum Gasteiger partial charge on any atom is -0.358 e. The number of nitrogens with one attached hydrogen (secondary N) is 6. The Hall–Kier alpha value is -2.36. The van der Waals surface area contributed by atoms with E-state index in [9.17, 15) is 9.59 Å². The van der Waals surface area contributed by atoms with Crippen molar-refractivity contribution in [1.29, 1.82) is 0 Å². The highest BCUT2D eigenvalue weighted by Crippen LogP contribution is 2.17. The molecule has 0 radical (unpaired) electrons. The van der Waals surface area contributed by atoms with Gasteiger partial charge in [-0.15, -0.1) is 0 Å². The molecule has 196 valence electrons. The molecular weight excluding hydrogens is 500 g/mol. The fourth-order valence-corrected chi connectivity index (χ4v) is 5.55. The molecule has 0 bridgehead atoms. The number of piperazine rings is 1. The quantitative estimate of drug-likeness (QED) is 0.268. The lowest BCUT2D eigenvalue weighted by Gasteiger charge is -2.36. The van der Waals surface area contributed by atoms with E-state index in [4.69, 9.17) is 24.4 Å². The largest absolute Gasteiger partial charge is 0.358 e. The van der Waals surface area contributed by atoms with Crippen molar-refractivity contribution in [3.8, 4) is 0 Å². The first kappa shape index (κ1) is 25.3. The molecule has 0 atom stereocenters. The Bertz CT molecular complexity index is 1190. The summed E-state index contributed by atoms with van der Waals surface area (Å²) in [5.74, 6) is 1.49. The minimum atomic E-state index is -0.110. The van der Waals surface area contributed by atoms with Crippen LogP contribution in [0.1, 0.15) is 24.0 Å². The van der Waals surface area contributed by atoms with Gasteiger partial charge in [0.05, 0.1) is 24.5 Å². The molecule has 0 amide bonds. The molecule has 0 aromatic carbocycles. The zero-order valence-corrected chi connectivity index (χ0v) is 22.0. The normalized spacial score (nSPS) is 19.3. The highest BCUT2D eigenvalue weighted by molar-refractivity contribution is 7.71. The maximum Gasteiger partial charge on any atom is 0.258 e. The van der Waals surface area contributed by atoms with Gasteiger partial charge in [0, 0.05) is 52.4 Å². The van der Waals surface area contributed by atoms with Crippen LogP contribution >= 0.6 is 24.4 Å². The Morgan fingerprint density at radius 2 is 0.972 bits per heavy atom. The SMILES string of the molecule is O=c1[nH]c(=S)[nH]c2c1CN(CCCN1CCN(CCCN3CNc4[nH]c(=S)[nH]c(=O)c4C3)CC1)CN2. The Labute approximate surface area is 219 Å². The molecule has 5 heterocycles. The van der Waals surface area contributed by atoms with Crippen LogP contribution < -0.4 is 21.8 Å². The van der Waals surface area contributed by atoms with Gasteiger partial charge in [-0.1, -0.05) is 0 Å². The third-order valence-corrected chi connectivity index (χ3v) is 7.58. The fraction of sp³-hybridized carbons (Fsp3) is 0.636. The monoisotopic (exact) mass is 534 g/mol. The highest BCUT2D eigenvalue weighted by atomic mass is 32.1.